The van der Waals surface area contributed by atoms with Gasteiger partial charge in [-0.3, -0.25) is 0 Å². The zero-order valence-electron chi connectivity index (χ0n) is 12.7. The van der Waals surface area contributed by atoms with Gasteiger partial charge in [0.1, 0.15) is 0 Å². The van der Waals surface area contributed by atoms with Gasteiger partial charge in [0.05, 0.1) is 32.3 Å². The molecule has 8 heteroatoms. The maximum atomic E-state index is 10.9. The van der Waals surface area contributed by atoms with Gasteiger partial charge in [-0.2, -0.15) is 26.3 Å². The van der Waals surface area contributed by atoms with Crippen LogP contribution in [0.2, 0.25) is 0 Å². The molecule has 0 rings (SSSR count). The van der Waals surface area contributed by atoms with E-state index >= 15 is 0 Å². The fraction of sp³-hybridized carbons (Fsp3) is 0.467. The first kappa shape index (κ1) is 23.7. The summed E-state index contributed by atoms with van der Waals surface area (Å²) in [5.41, 5.74) is 0. The van der Waals surface area contributed by atoms with E-state index in [2.05, 4.69) is 26.3 Å². The minimum atomic E-state index is -5.74. The Morgan fingerprint density at radius 2 is 0.913 bits per heavy atom. The van der Waals surface area contributed by atoms with E-state index < -0.39 is 18.5 Å². The van der Waals surface area contributed by atoms with Crippen LogP contribution in [0.1, 0.15) is 0 Å². The smallest absolute Gasteiger partial charge is 0.385 e. The average molecular weight is 345 g/mol. The van der Waals surface area contributed by atoms with Crippen molar-refractivity contribution in [3.63, 3.8) is 0 Å². The van der Waals surface area contributed by atoms with Crippen molar-refractivity contribution < 1.29 is 35.9 Å². The largest absolute Gasteiger partial charge is 0.839 e. The molecule has 0 N–H and O–H groups in total. The van der Waals surface area contributed by atoms with Gasteiger partial charge >= 0.3 is 12.4 Å². The van der Waals surface area contributed by atoms with E-state index in [1.807, 2.05) is 24.3 Å². The number of rotatable bonds is 8. The monoisotopic (exact) mass is 345 g/mol. The van der Waals surface area contributed by atoms with Crippen LogP contribution in [0.25, 0.3) is 0 Å². The second-order valence-corrected chi connectivity index (χ2v) is 4.69. The molecule has 0 saturated carbocycles. The summed E-state index contributed by atoms with van der Waals surface area (Å²) in [6.45, 7) is 18.8. The number of nitrogens with zero attached hydrogens (tertiary/aromatic N) is 1. The summed E-state index contributed by atoms with van der Waals surface area (Å²) < 4.78 is 66.4. The molecule has 0 aromatic heterocycles. The van der Waals surface area contributed by atoms with Gasteiger partial charge in [0, 0.05) is 0 Å². The second-order valence-electron chi connectivity index (χ2n) is 4.69. The van der Waals surface area contributed by atoms with Gasteiger partial charge in [-0.25, -0.2) is 0 Å². The molecule has 0 aromatic carbocycles. The summed E-state index contributed by atoms with van der Waals surface area (Å²) in [6, 6.07) is 0. The fourth-order valence-corrected chi connectivity index (χ4v) is 1.73. The van der Waals surface area contributed by atoms with Crippen molar-refractivity contribution in [2.75, 3.05) is 26.2 Å². The van der Waals surface area contributed by atoms with E-state index in [-0.39, 0.29) is 0 Å². The first-order valence-electron chi connectivity index (χ1n) is 6.48. The molecular weight excluding hydrogens is 324 g/mol. The fourth-order valence-electron chi connectivity index (χ4n) is 1.73. The summed E-state index contributed by atoms with van der Waals surface area (Å²) in [4.78, 5) is 0. The van der Waals surface area contributed by atoms with Gasteiger partial charge in [-0.15, -0.1) is 0 Å². The highest BCUT2D eigenvalue weighted by molar-refractivity contribution is 4.79. The first-order chi connectivity index (χ1) is 10.4. The van der Waals surface area contributed by atoms with E-state index in [1.54, 1.807) is 0 Å². The van der Waals surface area contributed by atoms with Crippen molar-refractivity contribution in [3.05, 3.63) is 50.6 Å². The van der Waals surface area contributed by atoms with Crippen molar-refractivity contribution in [2.24, 2.45) is 0 Å². The summed E-state index contributed by atoms with van der Waals surface area (Å²) in [5, 5.41) is 9.32. The van der Waals surface area contributed by atoms with E-state index in [4.69, 9.17) is 0 Å². The molecule has 0 amide bonds. The number of hydrogen-bond donors (Lipinski definition) is 0. The molecule has 0 bridgehead atoms. The molecule has 0 aliphatic carbocycles. The highest BCUT2D eigenvalue weighted by atomic mass is 19.4. The molecule has 0 atom stereocenters. The van der Waals surface area contributed by atoms with Crippen molar-refractivity contribution in [1.82, 2.24) is 0 Å². The summed E-state index contributed by atoms with van der Waals surface area (Å²) in [7, 11) is 0. The van der Waals surface area contributed by atoms with Crippen LogP contribution < -0.4 is 5.11 Å². The minimum absolute atomic E-state index is 0.903. The number of halogens is 6. The SMILES string of the molecule is C=CC[N+](CC=C)(CC=C)CC=C.[O-]C(C(F)(F)F)C(F)(F)F. The predicted molar refractivity (Wildman–Crippen MR) is 76.4 cm³/mol. The van der Waals surface area contributed by atoms with E-state index in [0.717, 1.165) is 30.7 Å². The Labute approximate surface area is 132 Å². The van der Waals surface area contributed by atoms with Gasteiger partial charge in [-0.05, 0) is 24.3 Å². The van der Waals surface area contributed by atoms with Gasteiger partial charge < -0.3 is 9.59 Å². The van der Waals surface area contributed by atoms with Gasteiger partial charge in [0.2, 0.25) is 0 Å². The van der Waals surface area contributed by atoms with Crippen LogP contribution >= 0.6 is 0 Å². The van der Waals surface area contributed by atoms with Gasteiger partial charge in [0.25, 0.3) is 0 Å². The van der Waals surface area contributed by atoms with Crippen LogP contribution in [0.3, 0.4) is 0 Å². The molecular formula is C15H21F6NO. The van der Waals surface area contributed by atoms with Crippen molar-refractivity contribution in [1.29, 1.82) is 0 Å². The third-order valence-electron chi connectivity index (χ3n) is 2.66. The topological polar surface area (TPSA) is 23.1 Å². The molecule has 0 saturated heterocycles. The maximum absolute atomic E-state index is 10.9. The molecule has 0 aliphatic rings. The summed E-state index contributed by atoms with van der Waals surface area (Å²) in [6.07, 6.45) is -8.20. The highest BCUT2D eigenvalue weighted by Crippen LogP contribution is 2.30. The van der Waals surface area contributed by atoms with Crippen LogP contribution in [0, 0.1) is 0 Å². The zero-order chi connectivity index (χ0) is 18.7. The van der Waals surface area contributed by atoms with Crippen LogP contribution in [0.5, 0.6) is 0 Å². The lowest BCUT2D eigenvalue weighted by molar-refractivity contribution is -0.906. The zero-order valence-corrected chi connectivity index (χ0v) is 12.7. The molecule has 23 heavy (non-hydrogen) atoms. The van der Waals surface area contributed by atoms with E-state index in [9.17, 15) is 31.4 Å². The molecule has 0 aliphatic heterocycles. The van der Waals surface area contributed by atoms with Crippen molar-refractivity contribution >= 4 is 0 Å². The lowest BCUT2D eigenvalue weighted by Gasteiger charge is -2.35. The molecule has 0 fully saturated rings. The van der Waals surface area contributed by atoms with Crippen LogP contribution in [0.4, 0.5) is 26.3 Å². The van der Waals surface area contributed by atoms with Crippen LogP contribution in [-0.2, 0) is 0 Å². The average Bonchev–Trinajstić information content (AvgIpc) is 2.37. The molecule has 0 aromatic rings. The number of alkyl halides is 6. The highest BCUT2D eigenvalue weighted by Gasteiger charge is 2.48. The summed E-state index contributed by atoms with van der Waals surface area (Å²) >= 11 is 0. The maximum Gasteiger partial charge on any atom is 0.385 e. The lowest BCUT2D eigenvalue weighted by Crippen LogP contribution is -2.51. The predicted octanol–water partition coefficient (Wildman–Crippen LogP) is 3.39. The number of hydrogen-bond acceptors (Lipinski definition) is 1. The first-order valence-corrected chi connectivity index (χ1v) is 6.48. The Morgan fingerprint density at radius 3 is 1.00 bits per heavy atom. The molecule has 0 heterocycles. The van der Waals surface area contributed by atoms with Gasteiger partial charge in [0.15, 0.2) is 0 Å². The van der Waals surface area contributed by atoms with Crippen LogP contribution in [-0.4, -0.2) is 49.1 Å². The minimum Gasteiger partial charge on any atom is -0.839 e. The molecule has 0 unspecified atom stereocenters. The number of quaternary nitrogens is 1. The molecule has 134 valence electrons. The quantitative estimate of drug-likeness (QED) is 0.376. The van der Waals surface area contributed by atoms with Crippen LogP contribution in [0.15, 0.2) is 50.6 Å². The molecule has 2 nitrogen and oxygen atoms in total. The van der Waals surface area contributed by atoms with Crippen molar-refractivity contribution in [2.45, 2.75) is 18.5 Å². The second kappa shape index (κ2) is 10.3. The third-order valence-corrected chi connectivity index (χ3v) is 2.66. The Bertz CT molecular complexity index is 327. The van der Waals surface area contributed by atoms with E-state index in [0.29, 0.717) is 0 Å². The molecule has 0 spiro atoms. The Morgan fingerprint density at radius 1 is 0.696 bits per heavy atom. The summed E-state index contributed by atoms with van der Waals surface area (Å²) in [5.74, 6) is 0. The normalized spacial score (nSPS) is 12.2. The Hall–Kier alpha value is -1.54. The Balaban J connectivity index is 0. The van der Waals surface area contributed by atoms with E-state index in [1.165, 1.54) is 0 Å². The van der Waals surface area contributed by atoms with Crippen molar-refractivity contribution in [3.8, 4) is 0 Å². The Kier molecular flexibility index (Phi) is 10.6. The third kappa shape index (κ3) is 9.96. The standard InChI is InChI=1S/C12H20N.C3HF6O/c1-5-9-13(10-6-2,11-7-3)12-8-4;4-2(5,6)1(10)3(7,8)9/h5-8H,1-4,9-12H2;1H/q+1;-1. The molecule has 0 radical (unpaired) electrons. The van der Waals surface area contributed by atoms with Gasteiger partial charge in [-0.1, -0.05) is 26.3 Å². The lowest BCUT2D eigenvalue weighted by atomic mass is 10.3.